The van der Waals surface area contributed by atoms with E-state index in [1.165, 1.54) is 7.11 Å². The lowest BCUT2D eigenvalue weighted by atomic mass is 10.1. The predicted molar refractivity (Wildman–Crippen MR) is 80.8 cm³/mol. The van der Waals surface area contributed by atoms with E-state index in [-0.39, 0.29) is 18.3 Å². The van der Waals surface area contributed by atoms with Crippen molar-refractivity contribution in [3.8, 4) is 0 Å². The van der Waals surface area contributed by atoms with Crippen LogP contribution in [0.4, 0.5) is 11.4 Å². The van der Waals surface area contributed by atoms with E-state index >= 15 is 0 Å². The van der Waals surface area contributed by atoms with Crippen molar-refractivity contribution < 1.29 is 14.3 Å². The highest BCUT2D eigenvalue weighted by molar-refractivity contribution is 6.04. The van der Waals surface area contributed by atoms with Gasteiger partial charge in [-0.05, 0) is 22.9 Å². The van der Waals surface area contributed by atoms with Gasteiger partial charge >= 0.3 is 5.97 Å². The molecule has 0 bridgehead atoms. The maximum absolute atomic E-state index is 12.2. The van der Waals surface area contributed by atoms with Crippen LogP contribution in [0.2, 0.25) is 0 Å². The first-order valence-electron chi connectivity index (χ1n) is 6.76. The fourth-order valence-corrected chi connectivity index (χ4v) is 2.74. The van der Waals surface area contributed by atoms with E-state index in [4.69, 9.17) is 10.5 Å². The van der Waals surface area contributed by atoms with Gasteiger partial charge in [0.15, 0.2) is 0 Å². The third kappa shape index (κ3) is 2.31. The molecule has 1 unspecified atom stereocenters. The summed E-state index contributed by atoms with van der Waals surface area (Å²) in [6, 6.07) is 11.6. The molecule has 1 heterocycles. The highest BCUT2D eigenvalue weighted by atomic mass is 16.5. The lowest BCUT2D eigenvalue weighted by molar-refractivity contribution is -0.145. The number of anilines is 2. The predicted octanol–water partition coefficient (Wildman–Crippen LogP) is 1.95. The molecule has 0 spiro atoms. The van der Waals surface area contributed by atoms with Gasteiger partial charge in [0.2, 0.25) is 5.91 Å². The van der Waals surface area contributed by atoms with Gasteiger partial charge in [0.1, 0.15) is 0 Å². The zero-order chi connectivity index (χ0) is 15.0. The van der Waals surface area contributed by atoms with Gasteiger partial charge in [-0.3, -0.25) is 9.59 Å². The first kappa shape index (κ1) is 13.4. The number of ether oxygens (including phenoxy) is 1. The number of carbonyl (C=O) groups excluding carboxylic acids is 2. The number of hydrogen-bond acceptors (Lipinski definition) is 4. The van der Waals surface area contributed by atoms with Crippen molar-refractivity contribution in [3.05, 3.63) is 36.4 Å². The maximum atomic E-state index is 12.2. The molecule has 1 saturated heterocycles. The van der Waals surface area contributed by atoms with E-state index in [1.807, 2.05) is 36.4 Å². The molecule has 0 radical (unpaired) electrons. The maximum Gasteiger partial charge on any atom is 0.311 e. The van der Waals surface area contributed by atoms with E-state index in [0.717, 1.165) is 10.8 Å². The van der Waals surface area contributed by atoms with Gasteiger partial charge in [0.25, 0.3) is 0 Å². The smallest absolute Gasteiger partial charge is 0.311 e. The SMILES string of the molecule is COC(=O)C1CC(=O)N(c2cc3ccccc3cc2N)C1. The Balaban J connectivity index is 1.98. The Morgan fingerprint density at radius 2 is 1.95 bits per heavy atom. The van der Waals surface area contributed by atoms with Crippen LogP contribution in [0.1, 0.15) is 6.42 Å². The molecule has 21 heavy (non-hydrogen) atoms. The van der Waals surface area contributed by atoms with Crippen molar-refractivity contribution >= 4 is 34.0 Å². The average molecular weight is 284 g/mol. The Morgan fingerprint density at radius 3 is 2.62 bits per heavy atom. The number of nitrogens with zero attached hydrogens (tertiary/aromatic N) is 1. The van der Waals surface area contributed by atoms with Crippen LogP contribution >= 0.6 is 0 Å². The molecule has 1 amide bonds. The number of hydrogen-bond donors (Lipinski definition) is 1. The van der Waals surface area contributed by atoms with E-state index in [1.54, 1.807) is 4.90 Å². The number of nitrogen functional groups attached to an aromatic ring is 1. The Morgan fingerprint density at radius 1 is 1.29 bits per heavy atom. The van der Waals surface area contributed by atoms with Gasteiger partial charge in [-0.25, -0.2) is 0 Å². The Bertz CT molecular complexity index is 727. The summed E-state index contributed by atoms with van der Waals surface area (Å²) in [5, 5.41) is 2.03. The van der Waals surface area contributed by atoms with Gasteiger partial charge in [0.05, 0.1) is 24.4 Å². The minimum Gasteiger partial charge on any atom is -0.469 e. The molecule has 1 aliphatic heterocycles. The highest BCUT2D eigenvalue weighted by Crippen LogP contribution is 2.33. The zero-order valence-corrected chi connectivity index (χ0v) is 11.7. The molecule has 2 aromatic carbocycles. The first-order chi connectivity index (χ1) is 10.1. The molecule has 2 N–H and O–H groups in total. The number of esters is 1. The van der Waals surface area contributed by atoms with Crippen molar-refractivity contribution in [1.29, 1.82) is 0 Å². The van der Waals surface area contributed by atoms with Crippen LogP contribution in [0.25, 0.3) is 10.8 Å². The minimum atomic E-state index is -0.423. The number of nitrogens with two attached hydrogens (primary N) is 1. The van der Waals surface area contributed by atoms with Crippen LogP contribution in [0.5, 0.6) is 0 Å². The quantitative estimate of drug-likeness (QED) is 0.675. The highest BCUT2D eigenvalue weighted by Gasteiger charge is 2.36. The fraction of sp³-hybridized carbons (Fsp3) is 0.250. The normalized spacial score (nSPS) is 18.2. The molecule has 1 aliphatic rings. The van der Waals surface area contributed by atoms with Crippen molar-refractivity contribution in [2.24, 2.45) is 5.92 Å². The first-order valence-corrected chi connectivity index (χ1v) is 6.76. The summed E-state index contributed by atoms with van der Waals surface area (Å²) in [6.45, 7) is 0.314. The Hall–Kier alpha value is -2.56. The molecule has 3 rings (SSSR count). The lowest BCUT2D eigenvalue weighted by Crippen LogP contribution is -2.27. The summed E-state index contributed by atoms with van der Waals surface area (Å²) in [6.07, 6.45) is 0.166. The second-order valence-electron chi connectivity index (χ2n) is 5.19. The van der Waals surface area contributed by atoms with Crippen LogP contribution in [-0.4, -0.2) is 25.5 Å². The number of fused-ring (bicyclic) bond motifs is 1. The molecule has 108 valence electrons. The van der Waals surface area contributed by atoms with Crippen LogP contribution in [0, 0.1) is 5.92 Å². The van der Waals surface area contributed by atoms with Crippen LogP contribution in [0.3, 0.4) is 0 Å². The zero-order valence-electron chi connectivity index (χ0n) is 11.7. The number of methoxy groups -OCH3 is 1. The van der Waals surface area contributed by atoms with Crippen molar-refractivity contribution in [1.82, 2.24) is 0 Å². The van der Waals surface area contributed by atoms with Crippen molar-refractivity contribution in [2.45, 2.75) is 6.42 Å². The van der Waals surface area contributed by atoms with E-state index in [9.17, 15) is 9.59 Å². The van der Waals surface area contributed by atoms with E-state index in [0.29, 0.717) is 17.9 Å². The van der Waals surface area contributed by atoms with E-state index in [2.05, 4.69) is 0 Å². The van der Waals surface area contributed by atoms with Gasteiger partial charge in [-0.2, -0.15) is 0 Å². The summed E-state index contributed by atoms with van der Waals surface area (Å²) in [5.74, 6) is -0.883. The topological polar surface area (TPSA) is 72.6 Å². The van der Waals surface area contributed by atoms with Crippen LogP contribution < -0.4 is 10.6 Å². The third-order valence-electron chi connectivity index (χ3n) is 3.85. The molecule has 2 aromatic rings. The molecular formula is C16H16N2O3. The largest absolute Gasteiger partial charge is 0.469 e. The molecule has 1 atom stereocenters. The molecule has 5 heteroatoms. The fourth-order valence-electron chi connectivity index (χ4n) is 2.74. The van der Waals surface area contributed by atoms with Crippen molar-refractivity contribution in [3.63, 3.8) is 0 Å². The van der Waals surface area contributed by atoms with Crippen molar-refractivity contribution in [2.75, 3.05) is 24.3 Å². The Kier molecular flexibility index (Phi) is 3.25. The number of carbonyl (C=O) groups is 2. The molecule has 0 aliphatic carbocycles. The summed E-state index contributed by atoms with van der Waals surface area (Å²) in [5.41, 5.74) is 7.26. The average Bonchev–Trinajstić information content (AvgIpc) is 2.87. The second kappa shape index (κ2) is 5.09. The summed E-state index contributed by atoms with van der Waals surface area (Å²) in [4.78, 5) is 25.3. The molecular weight excluding hydrogens is 268 g/mol. The second-order valence-corrected chi connectivity index (χ2v) is 5.19. The molecule has 5 nitrogen and oxygen atoms in total. The number of amides is 1. The standard InChI is InChI=1S/C16H16N2O3/c1-21-16(20)12-8-15(19)18(9-12)14-7-11-5-3-2-4-10(11)6-13(14)17/h2-7,12H,8-9,17H2,1H3. The molecule has 0 aromatic heterocycles. The summed E-state index contributed by atoms with van der Waals surface area (Å²) in [7, 11) is 1.33. The molecule has 1 fully saturated rings. The van der Waals surface area contributed by atoms with Crippen LogP contribution in [-0.2, 0) is 14.3 Å². The summed E-state index contributed by atoms with van der Waals surface area (Å²) < 4.78 is 4.72. The number of rotatable bonds is 2. The van der Waals surface area contributed by atoms with Gasteiger partial charge in [0, 0.05) is 13.0 Å². The monoisotopic (exact) mass is 284 g/mol. The lowest BCUT2D eigenvalue weighted by Gasteiger charge is -2.19. The summed E-state index contributed by atoms with van der Waals surface area (Å²) >= 11 is 0. The number of benzene rings is 2. The van der Waals surface area contributed by atoms with Crippen LogP contribution in [0.15, 0.2) is 36.4 Å². The minimum absolute atomic E-state index is 0.104. The van der Waals surface area contributed by atoms with Gasteiger partial charge < -0.3 is 15.4 Å². The molecule has 0 saturated carbocycles. The van der Waals surface area contributed by atoms with E-state index < -0.39 is 5.92 Å². The van der Waals surface area contributed by atoms with Gasteiger partial charge in [-0.15, -0.1) is 0 Å². The van der Waals surface area contributed by atoms with Gasteiger partial charge in [-0.1, -0.05) is 24.3 Å². The third-order valence-corrected chi connectivity index (χ3v) is 3.85. The Labute approximate surface area is 122 Å².